The highest BCUT2D eigenvalue weighted by Gasteiger charge is 2.35. The minimum Gasteiger partial charge on any atom is -0.211 e. The Bertz CT molecular complexity index is 681. The Morgan fingerprint density at radius 2 is 1.24 bits per heavy atom. The van der Waals surface area contributed by atoms with Crippen LogP contribution in [0.3, 0.4) is 0 Å². The lowest BCUT2D eigenvalue weighted by Gasteiger charge is -2.26. The average Bonchev–Trinajstić information content (AvgIpc) is 2.49. The molecule has 9 heteroatoms. The van der Waals surface area contributed by atoms with Crippen LogP contribution in [0, 0.1) is 5.92 Å². The Morgan fingerprint density at radius 3 is 1.59 bits per heavy atom. The molecule has 174 valence electrons. The van der Waals surface area contributed by atoms with Gasteiger partial charge in [0.05, 0.1) is 11.5 Å². The molecule has 0 bridgehead atoms. The van der Waals surface area contributed by atoms with Gasteiger partial charge in [-0.3, -0.25) is 0 Å². The first-order valence-corrected chi connectivity index (χ1v) is 21.4. The molecule has 0 amide bonds. The van der Waals surface area contributed by atoms with Crippen LogP contribution < -0.4 is 0 Å². The first-order chi connectivity index (χ1) is 12.9. The SMILES string of the molecule is CC(C)=CCCC(C)CCN(S(=O)(=O)CC[Si](C)(C)C)S(=O)(=O)CC[Si](C)(C)C. The average molecular weight is 484 g/mol. The zero-order valence-corrected chi connectivity index (χ0v) is 23.8. The van der Waals surface area contributed by atoms with Crippen LogP contribution in [0.4, 0.5) is 0 Å². The van der Waals surface area contributed by atoms with E-state index in [2.05, 4.69) is 66.1 Å². The molecular weight excluding hydrogens is 439 g/mol. The van der Waals surface area contributed by atoms with Crippen molar-refractivity contribution < 1.29 is 16.8 Å². The molecule has 0 saturated carbocycles. The van der Waals surface area contributed by atoms with Crippen molar-refractivity contribution >= 4 is 36.2 Å². The third kappa shape index (κ3) is 13.9. The number of allylic oxidation sites excluding steroid dienone is 2. The van der Waals surface area contributed by atoms with Gasteiger partial charge >= 0.3 is 0 Å². The lowest BCUT2D eigenvalue weighted by atomic mass is 10.0. The maximum Gasteiger partial charge on any atom is 0.226 e. The Kier molecular flexibility index (Phi) is 11.6. The second kappa shape index (κ2) is 11.6. The van der Waals surface area contributed by atoms with Crippen molar-refractivity contribution in [2.75, 3.05) is 18.1 Å². The van der Waals surface area contributed by atoms with Crippen LogP contribution in [-0.2, 0) is 20.0 Å². The van der Waals surface area contributed by atoms with E-state index in [1.165, 1.54) is 5.57 Å². The minimum atomic E-state index is -3.83. The smallest absolute Gasteiger partial charge is 0.211 e. The molecule has 0 spiro atoms. The van der Waals surface area contributed by atoms with Crippen molar-refractivity contribution in [3.05, 3.63) is 11.6 Å². The van der Waals surface area contributed by atoms with Crippen molar-refractivity contribution in [2.24, 2.45) is 5.92 Å². The number of hydrogen-bond acceptors (Lipinski definition) is 4. The lowest BCUT2D eigenvalue weighted by Crippen LogP contribution is -2.43. The summed E-state index contributed by atoms with van der Waals surface area (Å²) >= 11 is 0. The highest BCUT2D eigenvalue weighted by atomic mass is 32.3. The van der Waals surface area contributed by atoms with Crippen molar-refractivity contribution in [3.63, 3.8) is 0 Å². The maximum absolute atomic E-state index is 13.0. The molecule has 29 heavy (non-hydrogen) atoms. The van der Waals surface area contributed by atoms with Gasteiger partial charge < -0.3 is 0 Å². The van der Waals surface area contributed by atoms with E-state index in [1.807, 2.05) is 0 Å². The van der Waals surface area contributed by atoms with Crippen LogP contribution in [0.15, 0.2) is 11.6 Å². The molecular formula is C20H45NO4S2Si2. The zero-order valence-electron chi connectivity index (χ0n) is 20.2. The fourth-order valence-electron chi connectivity index (χ4n) is 2.65. The van der Waals surface area contributed by atoms with Gasteiger partial charge in [-0.1, -0.05) is 61.6 Å². The van der Waals surface area contributed by atoms with E-state index in [4.69, 9.17) is 0 Å². The fraction of sp³-hybridized carbons (Fsp3) is 0.900. The van der Waals surface area contributed by atoms with Crippen LogP contribution in [0.25, 0.3) is 0 Å². The van der Waals surface area contributed by atoms with Crippen molar-refractivity contribution in [1.82, 2.24) is 3.71 Å². The Balaban J connectivity index is 5.41. The molecule has 1 unspecified atom stereocenters. The topological polar surface area (TPSA) is 71.5 Å². The summed E-state index contributed by atoms with van der Waals surface area (Å²) in [5, 5.41) is 0. The summed E-state index contributed by atoms with van der Waals surface area (Å²) in [5.41, 5.74) is 1.27. The van der Waals surface area contributed by atoms with E-state index in [0.29, 0.717) is 18.5 Å². The lowest BCUT2D eigenvalue weighted by molar-refractivity contribution is 0.434. The van der Waals surface area contributed by atoms with Gasteiger partial charge in [0.2, 0.25) is 20.0 Å². The van der Waals surface area contributed by atoms with Crippen LogP contribution in [0.1, 0.15) is 40.0 Å². The fourth-order valence-corrected chi connectivity index (χ4v) is 12.6. The molecule has 0 fully saturated rings. The Hall–Kier alpha value is 0.0338. The van der Waals surface area contributed by atoms with Crippen LogP contribution >= 0.6 is 0 Å². The number of sulfonamides is 2. The third-order valence-corrected chi connectivity index (χ3v) is 13.5. The highest BCUT2D eigenvalue weighted by molar-refractivity contribution is 8.04. The molecule has 1 atom stereocenters. The van der Waals surface area contributed by atoms with Gasteiger partial charge in [-0.2, -0.15) is 0 Å². The quantitative estimate of drug-likeness (QED) is 0.245. The highest BCUT2D eigenvalue weighted by Crippen LogP contribution is 2.21. The molecule has 0 N–H and O–H groups in total. The van der Waals surface area contributed by atoms with Gasteiger partial charge in [0.25, 0.3) is 0 Å². The molecule has 0 aliphatic carbocycles. The summed E-state index contributed by atoms with van der Waals surface area (Å²) in [4.78, 5) is 0. The van der Waals surface area contributed by atoms with Crippen molar-refractivity contribution in [2.45, 2.75) is 91.4 Å². The number of rotatable bonds is 14. The maximum atomic E-state index is 13.0. The second-order valence-electron chi connectivity index (χ2n) is 11.0. The molecule has 0 aromatic carbocycles. The first kappa shape index (κ1) is 29.0. The van der Waals surface area contributed by atoms with Gasteiger partial charge in [0.15, 0.2) is 0 Å². The Morgan fingerprint density at radius 1 is 0.828 bits per heavy atom. The predicted molar refractivity (Wildman–Crippen MR) is 133 cm³/mol. The summed E-state index contributed by atoms with van der Waals surface area (Å²) in [6, 6.07) is 1.15. The molecule has 0 saturated heterocycles. The summed E-state index contributed by atoms with van der Waals surface area (Å²) in [7, 11) is -10.8. The van der Waals surface area contributed by atoms with Gasteiger partial charge in [-0.25, -0.2) is 16.8 Å². The van der Waals surface area contributed by atoms with E-state index in [0.717, 1.165) is 16.6 Å². The van der Waals surface area contributed by atoms with Crippen molar-refractivity contribution in [1.29, 1.82) is 0 Å². The third-order valence-electron chi connectivity index (χ3n) is 4.86. The van der Waals surface area contributed by atoms with E-state index < -0.39 is 36.2 Å². The van der Waals surface area contributed by atoms with Gasteiger partial charge in [0, 0.05) is 22.7 Å². The summed E-state index contributed by atoms with van der Waals surface area (Å²) < 4.78 is 53.0. The summed E-state index contributed by atoms with van der Waals surface area (Å²) in [6.07, 6.45) is 4.61. The largest absolute Gasteiger partial charge is 0.226 e. The molecule has 5 nitrogen and oxygen atoms in total. The van der Waals surface area contributed by atoms with E-state index in [9.17, 15) is 16.8 Å². The Labute approximate surface area is 183 Å². The molecule has 0 aromatic heterocycles. The number of hydrogen-bond donors (Lipinski definition) is 0. The predicted octanol–water partition coefficient (Wildman–Crippen LogP) is 5.40. The van der Waals surface area contributed by atoms with E-state index >= 15 is 0 Å². The normalized spacial score (nSPS) is 14.8. The molecule has 0 heterocycles. The molecule has 0 aliphatic rings. The molecule has 0 radical (unpaired) electrons. The zero-order chi connectivity index (χ0) is 23.1. The molecule has 0 rings (SSSR count). The van der Waals surface area contributed by atoms with Crippen LogP contribution in [0.2, 0.25) is 51.4 Å². The van der Waals surface area contributed by atoms with E-state index in [-0.39, 0.29) is 24.0 Å². The van der Waals surface area contributed by atoms with E-state index in [1.54, 1.807) is 0 Å². The molecule has 0 aliphatic heterocycles. The van der Waals surface area contributed by atoms with Crippen LogP contribution in [0.5, 0.6) is 0 Å². The van der Waals surface area contributed by atoms with Gasteiger partial charge in [0.1, 0.15) is 0 Å². The van der Waals surface area contributed by atoms with Crippen LogP contribution in [-0.4, -0.2) is 54.7 Å². The standard InChI is InChI=1S/C20H45NO4S2Si2/c1-19(2)11-10-12-20(3)13-14-21(26(22,23)15-17-28(4,5)6)27(24,25)16-18-29(7,8)9/h11,20H,10,12-18H2,1-9H3. The number of nitrogens with zero attached hydrogens (tertiary/aromatic N) is 1. The van der Waals surface area contributed by atoms with Crippen molar-refractivity contribution in [3.8, 4) is 0 Å². The first-order valence-electron chi connectivity index (χ1n) is 10.7. The summed E-state index contributed by atoms with van der Waals surface area (Å²) in [5.74, 6) is 0.134. The minimum absolute atomic E-state index is 0.0675. The molecule has 0 aromatic rings. The van der Waals surface area contributed by atoms with Gasteiger partial charge in [-0.05, 0) is 51.1 Å². The van der Waals surface area contributed by atoms with Gasteiger partial charge in [-0.15, -0.1) is 0 Å². The monoisotopic (exact) mass is 483 g/mol. The summed E-state index contributed by atoms with van der Waals surface area (Å²) in [6.45, 7) is 18.9. The second-order valence-corrected chi connectivity index (χ2v) is 26.5.